The maximum absolute atomic E-state index is 13.1. The van der Waals surface area contributed by atoms with Gasteiger partial charge in [0.05, 0.1) is 35.7 Å². The van der Waals surface area contributed by atoms with E-state index in [-0.39, 0.29) is 0 Å². The van der Waals surface area contributed by atoms with Gasteiger partial charge in [-0.05, 0) is 50.4 Å². The minimum atomic E-state index is -3.52. The number of aromatic nitrogens is 2. The summed E-state index contributed by atoms with van der Waals surface area (Å²) in [5.74, 6) is 1.05. The molecule has 3 heterocycles. The third kappa shape index (κ3) is 4.28. The SMILES string of the molecule is CCCn1c(CN2CCCCC2CC)nc2cc(S(=O)(=O)N3CCOCC3)ccc21. The highest BCUT2D eigenvalue weighted by Gasteiger charge is 2.28. The lowest BCUT2D eigenvalue weighted by Gasteiger charge is -2.34. The molecule has 0 spiro atoms. The largest absolute Gasteiger partial charge is 0.379 e. The lowest BCUT2D eigenvalue weighted by atomic mass is 10.0. The molecule has 0 amide bonds. The molecule has 1 aromatic heterocycles. The first-order valence-electron chi connectivity index (χ1n) is 11.4. The number of piperidine rings is 1. The van der Waals surface area contributed by atoms with Crippen LogP contribution in [0, 0.1) is 0 Å². The average Bonchev–Trinajstić information content (AvgIpc) is 3.11. The number of nitrogens with zero attached hydrogens (tertiary/aromatic N) is 4. The van der Waals surface area contributed by atoms with Crippen molar-refractivity contribution in [1.29, 1.82) is 0 Å². The first-order valence-corrected chi connectivity index (χ1v) is 12.8. The highest BCUT2D eigenvalue weighted by molar-refractivity contribution is 7.89. The predicted octanol–water partition coefficient (Wildman–Crippen LogP) is 3.23. The molecule has 2 saturated heterocycles. The molecule has 0 bridgehead atoms. The summed E-state index contributed by atoms with van der Waals surface area (Å²) < 4.78 is 35.3. The first-order chi connectivity index (χ1) is 14.5. The summed E-state index contributed by atoms with van der Waals surface area (Å²) in [6.07, 6.45) is 5.99. The van der Waals surface area contributed by atoms with Gasteiger partial charge in [0.2, 0.25) is 10.0 Å². The number of sulfonamides is 1. The number of aryl methyl sites for hydroxylation is 1. The molecule has 0 saturated carbocycles. The van der Waals surface area contributed by atoms with Gasteiger partial charge in [0, 0.05) is 25.7 Å². The number of rotatable bonds is 7. The minimum absolute atomic E-state index is 0.328. The molecule has 0 N–H and O–H groups in total. The lowest BCUT2D eigenvalue weighted by Crippen LogP contribution is -2.40. The third-order valence-electron chi connectivity index (χ3n) is 6.42. The van der Waals surface area contributed by atoms with E-state index in [9.17, 15) is 8.42 Å². The average molecular weight is 435 g/mol. The summed E-state index contributed by atoms with van der Waals surface area (Å²) in [6, 6.07) is 6.04. The number of imidazole rings is 1. The van der Waals surface area contributed by atoms with Gasteiger partial charge in [0.25, 0.3) is 0 Å². The number of hydrogen-bond donors (Lipinski definition) is 0. The van der Waals surface area contributed by atoms with Crippen LogP contribution in [0.4, 0.5) is 0 Å². The molecule has 4 rings (SSSR count). The van der Waals surface area contributed by atoms with Crippen LogP contribution in [0.1, 0.15) is 51.8 Å². The Bertz CT molecular complexity index is 966. The molecule has 7 nitrogen and oxygen atoms in total. The van der Waals surface area contributed by atoms with Crippen LogP contribution in [0.25, 0.3) is 11.0 Å². The van der Waals surface area contributed by atoms with Gasteiger partial charge in [-0.1, -0.05) is 20.3 Å². The zero-order chi connectivity index (χ0) is 21.1. The molecule has 2 aromatic rings. The Labute approximate surface area is 180 Å². The maximum atomic E-state index is 13.1. The maximum Gasteiger partial charge on any atom is 0.243 e. The quantitative estimate of drug-likeness (QED) is 0.669. The topological polar surface area (TPSA) is 67.7 Å². The summed E-state index contributed by atoms with van der Waals surface area (Å²) in [7, 11) is -3.52. The molecule has 2 fully saturated rings. The van der Waals surface area contributed by atoms with Gasteiger partial charge < -0.3 is 9.30 Å². The van der Waals surface area contributed by atoms with E-state index in [1.165, 1.54) is 23.6 Å². The lowest BCUT2D eigenvalue weighted by molar-refractivity contribution is 0.0730. The van der Waals surface area contributed by atoms with Crippen LogP contribution in [-0.2, 0) is 27.8 Å². The van der Waals surface area contributed by atoms with E-state index < -0.39 is 10.0 Å². The van der Waals surface area contributed by atoms with Crippen molar-refractivity contribution in [2.24, 2.45) is 0 Å². The van der Waals surface area contributed by atoms with Gasteiger partial charge in [-0.25, -0.2) is 13.4 Å². The van der Waals surface area contributed by atoms with Gasteiger partial charge in [-0.2, -0.15) is 4.31 Å². The Balaban J connectivity index is 1.67. The summed E-state index contributed by atoms with van der Waals surface area (Å²) in [6.45, 7) is 8.99. The number of morpholine rings is 1. The van der Waals surface area contributed by atoms with Crippen molar-refractivity contribution in [3.8, 4) is 0 Å². The summed E-state index contributed by atoms with van der Waals surface area (Å²) in [5.41, 5.74) is 1.80. The fourth-order valence-corrected chi connectivity index (χ4v) is 6.19. The predicted molar refractivity (Wildman–Crippen MR) is 118 cm³/mol. The molecule has 0 aliphatic carbocycles. The molecular formula is C22H34N4O3S. The summed E-state index contributed by atoms with van der Waals surface area (Å²) in [5, 5.41) is 0. The standard InChI is InChI=1S/C22H34N4O3S/c1-3-10-26-21-9-8-19(30(27,28)25-12-14-29-15-13-25)16-20(21)23-22(26)17-24-11-6-5-7-18(24)4-2/h8-9,16,18H,3-7,10-15,17H2,1-2H3. The van der Waals surface area contributed by atoms with Crippen molar-refractivity contribution in [2.45, 2.75) is 70.0 Å². The van der Waals surface area contributed by atoms with Crippen molar-refractivity contribution in [3.63, 3.8) is 0 Å². The third-order valence-corrected chi connectivity index (χ3v) is 8.31. The van der Waals surface area contributed by atoms with Crippen molar-refractivity contribution < 1.29 is 13.2 Å². The van der Waals surface area contributed by atoms with Crippen LogP contribution < -0.4 is 0 Å². The number of benzene rings is 1. The van der Waals surface area contributed by atoms with E-state index >= 15 is 0 Å². The van der Waals surface area contributed by atoms with E-state index in [4.69, 9.17) is 9.72 Å². The van der Waals surface area contributed by atoms with E-state index in [1.807, 2.05) is 6.07 Å². The summed E-state index contributed by atoms with van der Waals surface area (Å²) in [4.78, 5) is 7.81. The van der Waals surface area contributed by atoms with E-state index in [0.29, 0.717) is 37.2 Å². The minimum Gasteiger partial charge on any atom is -0.379 e. The van der Waals surface area contributed by atoms with Gasteiger partial charge in [0.1, 0.15) is 5.82 Å². The molecule has 166 valence electrons. The smallest absolute Gasteiger partial charge is 0.243 e. The Morgan fingerprint density at radius 2 is 1.93 bits per heavy atom. The second-order valence-electron chi connectivity index (χ2n) is 8.37. The van der Waals surface area contributed by atoms with Gasteiger partial charge in [0.15, 0.2) is 0 Å². The first kappa shape index (κ1) is 21.7. The normalized spacial score (nSPS) is 22.0. The number of hydrogen-bond acceptors (Lipinski definition) is 5. The molecular weight excluding hydrogens is 400 g/mol. The Kier molecular flexibility index (Phi) is 6.77. The number of likely N-dealkylation sites (tertiary alicyclic amines) is 1. The summed E-state index contributed by atoms with van der Waals surface area (Å²) >= 11 is 0. The molecule has 8 heteroatoms. The van der Waals surface area contributed by atoms with Crippen molar-refractivity contribution >= 4 is 21.1 Å². The number of ether oxygens (including phenoxy) is 1. The Morgan fingerprint density at radius 3 is 2.67 bits per heavy atom. The van der Waals surface area contributed by atoms with Gasteiger partial charge in [-0.15, -0.1) is 0 Å². The van der Waals surface area contributed by atoms with E-state index in [1.54, 1.807) is 12.1 Å². The van der Waals surface area contributed by atoms with E-state index in [2.05, 4.69) is 23.3 Å². The van der Waals surface area contributed by atoms with Crippen LogP contribution in [-0.4, -0.2) is 66.1 Å². The Hall–Kier alpha value is -1.48. The monoisotopic (exact) mass is 434 g/mol. The highest BCUT2D eigenvalue weighted by Crippen LogP contribution is 2.26. The highest BCUT2D eigenvalue weighted by atomic mass is 32.2. The molecule has 1 unspecified atom stereocenters. The van der Waals surface area contributed by atoms with Gasteiger partial charge >= 0.3 is 0 Å². The molecule has 2 aliphatic rings. The van der Waals surface area contributed by atoms with Crippen molar-refractivity contribution in [2.75, 3.05) is 32.8 Å². The second kappa shape index (κ2) is 9.34. The Morgan fingerprint density at radius 1 is 1.13 bits per heavy atom. The van der Waals surface area contributed by atoms with Crippen LogP contribution in [0.2, 0.25) is 0 Å². The van der Waals surface area contributed by atoms with Crippen LogP contribution >= 0.6 is 0 Å². The number of fused-ring (bicyclic) bond motifs is 1. The van der Waals surface area contributed by atoms with Crippen LogP contribution in [0.15, 0.2) is 23.1 Å². The fourth-order valence-electron chi connectivity index (χ4n) is 4.76. The van der Waals surface area contributed by atoms with Crippen molar-refractivity contribution in [1.82, 2.24) is 18.8 Å². The zero-order valence-electron chi connectivity index (χ0n) is 18.2. The van der Waals surface area contributed by atoms with Crippen LogP contribution in [0.3, 0.4) is 0 Å². The fraction of sp³-hybridized carbons (Fsp3) is 0.682. The molecule has 1 atom stereocenters. The zero-order valence-corrected chi connectivity index (χ0v) is 19.0. The molecule has 1 aromatic carbocycles. The molecule has 2 aliphatic heterocycles. The molecule has 30 heavy (non-hydrogen) atoms. The van der Waals surface area contributed by atoms with Crippen molar-refractivity contribution in [3.05, 3.63) is 24.0 Å². The van der Waals surface area contributed by atoms with E-state index in [0.717, 1.165) is 49.3 Å². The van der Waals surface area contributed by atoms with Gasteiger partial charge in [-0.3, -0.25) is 4.90 Å². The molecule has 0 radical (unpaired) electrons. The van der Waals surface area contributed by atoms with Crippen LogP contribution in [0.5, 0.6) is 0 Å². The second-order valence-corrected chi connectivity index (χ2v) is 10.3.